The lowest BCUT2D eigenvalue weighted by Gasteiger charge is -2.45. The zero-order chi connectivity index (χ0) is 54.4. The summed E-state index contributed by atoms with van der Waals surface area (Å²) in [4.78, 5) is 81.8. The van der Waals surface area contributed by atoms with Crippen molar-refractivity contribution < 1.29 is 48.0 Å². The van der Waals surface area contributed by atoms with Gasteiger partial charge in [-0.25, -0.2) is 19.4 Å². The van der Waals surface area contributed by atoms with E-state index in [4.69, 9.17) is 42.1 Å². The summed E-state index contributed by atoms with van der Waals surface area (Å²) in [7, 11) is 5.91. The number of nitrogens with one attached hydrogen (secondary N) is 1. The van der Waals surface area contributed by atoms with Gasteiger partial charge in [0.25, 0.3) is 0 Å². The number of carbonyl (C=O) groups excluding carboxylic acids is 4. The average molecular weight is 1070 g/mol. The summed E-state index contributed by atoms with van der Waals surface area (Å²) in [5.41, 5.74) is 0.534. The number of carbonyl (C=O) groups is 5. The molecule has 4 atom stereocenters. The van der Waals surface area contributed by atoms with E-state index in [0.717, 1.165) is 27.5 Å². The molecule has 0 saturated carbocycles. The van der Waals surface area contributed by atoms with Crippen LogP contribution in [0.2, 0.25) is 10.0 Å². The number of ether oxygens (including phenoxy) is 4. The van der Waals surface area contributed by atoms with Gasteiger partial charge in [-0.3, -0.25) is 19.4 Å². The second-order valence-corrected chi connectivity index (χ2v) is 21.9. The quantitative estimate of drug-likeness (QED) is 0.0901. The topological polar surface area (TPSA) is 185 Å². The number of hydrogen-bond acceptors (Lipinski definition) is 11. The van der Waals surface area contributed by atoms with E-state index < -0.39 is 65.0 Å². The molecule has 1 aromatic heterocycles. The van der Waals surface area contributed by atoms with Gasteiger partial charge in [-0.1, -0.05) is 71.7 Å². The highest BCUT2D eigenvalue weighted by molar-refractivity contribution is 6.31. The lowest BCUT2D eigenvalue weighted by atomic mass is 9.82. The Morgan fingerprint density at radius 1 is 0.920 bits per heavy atom. The van der Waals surface area contributed by atoms with E-state index in [1.807, 2.05) is 61.1 Å². The van der Waals surface area contributed by atoms with Crippen LogP contribution in [0, 0.1) is 0 Å². The van der Waals surface area contributed by atoms with Crippen molar-refractivity contribution in [3.8, 4) is 22.8 Å². The average Bonchev–Trinajstić information content (AvgIpc) is 3.87. The molecule has 0 spiro atoms. The van der Waals surface area contributed by atoms with Crippen LogP contribution in [0.3, 0.4) is 0 Å². The molecule has 75 heavy (non-hydrogen) atoms. The molecule has 0 bridgehead atoms. The Kier molecular flexibility index (Phi) is 17.6. The predicted octanol–water partition coefficient (Wildman–Crippen LogP) is 9.36. The van der Waals surface area contributed by atoms with E-state index >= 15 is 4.79 Å². The molecule has 3 heterocycles. The third-order valence-corrected chi connectivity index (χ3v) is 13.7. The summed E-state index contributed by atoms with van der Waals surface area (Å²) in [5.74, 6) is -1.03. The lowest BCUT2D eigenvalue weighted by molar-refractivity contribution is -0.155. The van der Waals surface area contributed by atoms with E-state index in [1.165, 1.54) is 11.8 Å². The Morgan fingerprint density at radius 2 is 1.60 bits per heavy atom. The Bertz CT molecular complexity index is 2840. The first kappa shape index (κ1) is 56.1. The second kappa shape index (κ2) is 23.5. The van der Waals surface area contributed by atoms with Crippen molar-refractivity contribution in [3.63, 3.8) is 0 Å². The SMILES string of the molecule is CC(C(=O)N1[C@H](C(=O)N[C@@]2(Cc3ccc(Cl)cc3)CCCN(C(=O)OC(C)(C)C)C2)COC1(C)C)N(Cc1ccc(Cl)cc1Oc1ccc(-c2cnc(CN(C)C)n2C)cc1)C(=O)OC(Cc1ccccc1)C(=O)O. The van der Waals surface area contributed by atoms with Gasteiger partial charge < -0.3 is 43.7 Å². The summed E-state index contributed by atoms with van der Waals surface area (Å²) in [5, 5.41) is 14.5. The fourth-order valence-corrected chi connectivity index (χ4v) is 9.74. The Morgan fingerprint density at radius 3 is 2.25 bits per heavy atom. The van der Waals surface area contributed by atoms with Gasteiger partial charge in [0.2, 0.25) is 17.9 Å². The molecule has 2 unspecified atom stereocenters. The number of likely N-dealkylation sites (tertiary alicyclic amines) is 1. The van der Waals surface area contributed by atoms with Crippen molar-refractivity contribution in [2.24, 2.45) is 7.05 Å². The van der Waals surface area contributed by atoms with E-state index in [9.17, 15) is 24.3 Å². The maximum Gasteiger partial charge on any atom is 0.411 e. The van der Waals surface area contributed by atoms with Crippen LogP contribution in [0.5, 0.6) is 11.5 Å². The summed E-state index contributed by atoms with van der Waals surface area (Å²) in [6, 6.07) is 25.6. The summed E-state index contributed by atoms with van der Waals surface area (Å²) >= 11 is 12.8. The fourth-order valence-electron chi connectivity index (χ4n) is 9.45. The zero-order valence-corrected chi connectivity index (χ0v) is 45.5. The monoisotopic (exact) mass is 1070 g/mol. The van der Waals surface area contributed by atoms with Crippen LogP contribution in [-0.2, 0) is 61.6 Å². The molecule has 2 aliphatic rings. The summed E-state index contributed by atoms with van der Waals surface area (Å²) in [6.07, 6.45) is -0.248. The van der Waals surface area contributed by atoms with Crippen LogP contribution in [0.4, 0.5) is 9.59 Å². The van der Waals surface area contributed by atoms with Crippen molar-refractivity contribution in [3.05, 3.63) is 136 Å². The van der Waals surface area contributed by atoms with Crippen LogP contribution in [-0.4, -0.2) is 133 Å². The van der Waals surface area contributed by atoms with Crippen molar-refractivity contribution >= 4 is 53.2 Å². The van der Waals surface area contributed by atoms with Gasteiger partial charge in [0.1, 0.15) is 40.7 Å². The third kappa shape index (κ3) is 14.2. The minimum Gasteiger partial charge on any atom is -0.478 e. The number of carboxylic acids is 1. The van der Waals surface area contributed by atoms with E-state index in [-0.39, 0.29) is 31.9 Å². The highest BCUT2D eigenvalue weighted by Gasteiger charge is 2.51. The molecule has 7 rings (SSSR count). The summed E-state index contributed by atoms with van der Waals surface area (Å²) in [6.45, 7) is 10.8. The molecule has 2 fully saturated rings. The van der Waals surface area contributed by atoms with Crippen molar-refractivity contribution in [1.29, 1.82) is 0 Å². The minimum absolute atomic E-state index is 0.114. The number of benzene rings is 4. The van der Waals surface area contributed by atoms with Gasteiger partial charge in [0, 0.05) is 47.7 Å². The molecule has 2 saturated heterocycles. The van der Waals surface area contributed by atoms with E-state index in [2.05, 4.69) is 10.3 Å². The van der Waals surface area contributed by atoms with E-state index in [0.29, 0.717) is 59.3 Å². The number of amides is 4. The standard InChI is InChI=1S/C56H67Cl2N7O10/c1-36(50(67)65-45(34-72-55(65,5)6)49(66)60-56(30-38-16-21-41(57)22-17-38)26-13-27-63(35-56)52(70)75-54(2,3)4)64(53(71)74-47(51(68)69)28-37-14-11-10-12-15-37)32-40-18-23-42(58)29-46(40)73-43-24-19-39(20-25-43)44-31-59-48(62(44)9)33-61(7)8/h10-12,14-25,29,31,36,45,47H,13,26-28,30,32-35H2,1-9H3,(H,60,66)(H,68,69)/t36?,45-,47?,56+/m0/s1. The Hall–Kier alpha value is -6.66. The maximum atomic E-state index is 15.3. The number of hydrogen-bond donors (Lipinski definition) is 2. The van der Waals surface area contributed by atoms with Crippen molar-refractivity contribution in [2.45, 2.75) is 115 Å². The largest absolute Gasteiger partial charge is 0.478 e. The molecule has 0 radical (unpaired) electrons. The molecule has 400 valence electrons. The first-order valence-electron chi connectivity index (χ1n) is 24.9. The number of aliphatic carboxylic acids is 1. The number of piperidine rings is 1. The van der Waals surface area contributed by atoms with Gasteiger partial charge in [-0.05, 0) is 135 Å². The normalized spacial score (nSPS) is 18.3. The van der Waals surface area contributed by atoms with E-state index in [1.54, 1.807) is 112 Å². The highest BCUT2D eigenvalue weighted by atomic mass is 35.5. The molecular weight excluding hydrogens is 1000 g/mol. The summed E-state index contributed by atoms with van der Waals surface area (Å²) < 4.78 is 26.2. The first-order chi connectivity index (χ1) is 35.4. The van der Waals surface area contributed by atoms with Crippen LogP contribution in [0.25, 0.3) is 11.3 Å². The van der Waals surface area contributed by atoms with Gasteiger partial charge in [0.05, 0.1) is 37.1 Å². The minimum atomic E-state index is -1.64. The van der Waals surface area contributed by atoms with Gasteiger partial charge in [0.15, 0.2) is 0 Å². The molecular formula is C56H67Cl2N7O10. The van der Waals surface area contributed by atoms with Gasteiger partial charge >= 0.3 is 18.2 Å². The van der Waals surface area contributed by atoms with Gasteiger partial charge in [-0.15, -0.1) is 0 Å². The fraction of sp³-hybridized carbons (Fsp3) is 0.429. The molecule has 4 aromatic carbocycles. The van der Waals surface area contributed by atoms with Crippen LogP contribution in [0.15, 0.2) is 103 Å². The lowest BCUT2D eigenvalue weighted by Crippen LogP contribution is -2.65. The smallest absolute Gasteiger partial charge is 0.411 e. The molecule has 2 aliphatic heterocycles. The number of carboxylic acid groups (broad SMARTS) is 1. The maximum absolute atomic E-state index is 15.3. The number of rotatable bonds is 17. The molecule has 19 heteroatoms. The molecule has 0 aliphatic carbocycles. The Labute approximate surface area is 448 Å². The number of halogens is 2. The molecule has 2 N–H and O–H groups in total. The molecule has 4 amide bonds. The van der Waals surface area contributed by atoms with Crippen LogP contribution in [0.1, 0.15) is 76.9 Å². The molecule has 17 nitrogen and oxygen atoms in total. The van der Waals surface area contributed by atoms with Crippen molar-refractivity contribution in [1.82, 2.24) is 34.5 Å². The predicted molar refractivity (Wildman–Crippen MR) is 284 cm³/mol. The molecule has 5 aromatic rings. The van der Waals surface area contributed by atoms with Gasteiger partial charge in [-0.2, -0.15) is 0 Å². The third-order valence-electron chi connectivity index (χ3n) is 13.2. The number of aromatic nitrogens is 2. The highest BCUT2D eigenvalue weighted by Crippen LogP contribution is 2.35. The number of imidazole rings is 1. The number of nitrogens with zero attached hydrogens (tertiary/aromatic N) is 6. The van der Waals surface area contributed by atoms with Crippen LogP contribution < -0.4 is 10.1 Å². The first-order valence-corrected chi connectivity index (χ1v) is 25.6. The zero-order valence-electron chi connectivity index (χ0n) is 44.0. The van der Waals surface area contributed by atoms with Crippen LogP contribution >= 0.6 is 23.2 Å². The van der Waals surface area contributed by atoms with Crippen molar-refractivity contribution in [2.75, 3.05) is 33.8 Å². The Balaban J connectivity index is 1.19. The second-order valence-electron chi connectivity index (χ2n) is 21.0.